The predicted molar refractivity (Wildman–Crippen MR) is 59.3 cm³/mol. The Labute approximate surface area is 111 Å². The predicted octanol–water partition coefficient (Wildman–Crippen LogP) is 1.87. The summed E-state index contributed by atoms with van der Waals surface area (Å²) in [6, 6.07) is 2.37. The van der Waals surface area contributed by atoms with Gasteiger partial charge in [0.25, 0.3) is 5.89 Å². The molecule has 20 heavy (non-hydrogen) atoms. The van der Waals surface area contributed by atoms with Gasteiger partial charge in [-0.3, -0.25) is 4.98 Å². The number of aliphatic hydroxyl groups excluding tert-OH is 1. The van der Waals surface area contributed by atoms with E-state index in [1.807, 2.05) is 0 Å². The van der Waals surface area contributed by atoms with E-state index in [4.69, 9.17) is 14.4 Å². The lowest BCUT2D eigenvalue weighted by Gasteiger charge is -2.14. The standard InChI is InChI=1S/C11H10F3N3O3/c1-19-5-8-16-10(17-20-8)7-3-2-6(4-15-7)9(18)11(12,13)14/h2-4,9,18H,5H2,1H3. The fourth-order valence-electron chi connectivity index (χ4n) is 1.43. The number of aromatic nitrogens is 3. The summed E-state index contributed by atoms with van der Waals surface area (Å²) < 4.78 is 46.6. The molecule has 0 aliphatic carbocycles. The summed E-state index contributed by atoms with van der Waals surface area (Å²) in [7, 11) is 1.45. The lowest BCUT2D eigenvalue weighted by atomic mass is 10.1. The molecular weight excluding hydrogens is 279 g/mol. The van der Waals surface area contributed by atoms with E-state index in [1.165, 1.54) is 13.2 Å². The van der Waals surface area contributed by atoms with Crippen molar-refractivity contribution in [3.8, 4) is 11.5 Å². The Morgan fingerprint density at radius 1 is 1.40 bits per heavy atom. The van der Waals surface area contributed by atoms with Crippen LogP contribution in [0.2, 0.25) is 0 Å². The SMILES string of the molecule is COCc1nc(-c2ccc(C(O)C(F)(F)F)cn2)no1. The molecule has 0 aliphatic rings. The zero-order valence-electron chi connectivity index (χ0n) is 10.3. The monoisotopic (exact) mass is 289 g/mol. The number of pyridine rings is 1. The van der Waals surface area contributed by atoms with Gasteiger partial charge in [-0.05, 0) is 6.07 Å². The van der Waals surface area contributed by atoms with E-state index in [0.717, 1.165) is 12.3 Å². The third-order valence-electron chi connectivity index (χ3n) is 2.38. The van der Waals surface area contributed by atoms with Crippen LogP contribution in [0.5, 0.6) is 0 Å². The van der Waals surface area contributed by atoms with Crippen LogP contribution in [-0.4, -0.2) is 33.5 Å². The topological polar surface area (TPSA) is 81.3 Å². The summed E-state index contributed by atoms with van der Waals surface area (Å²) in [5.74, 6) is 0.355. The molecule has 0 radical (unpaired) electrons. The van der Waals surface area contributed by atoms with Crippen molar-refractivity contribution in [1.29, 1.82) is 0 Å². The van der Waals surface area contributed by atoms with Crippen LogP contribution in [0.15, 0.2) is 22.9 Å². The molecule has 9 heteroatoms. The highest BCUT2D eigenvalue weighted by Gasteiger charge is 2.39. The Kier molecular flexibility index (Phi) is 4.00. The van der Waals surface area contributed by atoms with Crippen LogP contribution in [-0.2, 0) is 11.3 Å². The summed E-state index contributed by atoms with van der Waals surface area (Å²) >= 11 is 0. The molecule has 108 valence electrons. The Balaban J connectivity index is 2.19. The van der Waals surface area contributed by atoms with Gasteiger partial charge in [-0.1, -0.05) is 11.2 Å². The van der Waals surface area contributed by atoms with Crippen molar-refractivity contribution >= 4 is 0 Å². The molecule has 0 spiro atoms. The largest absolute Gasteiger partial charge is 0.418 e. The lowest BCUT2D eigenvalue weighted by molar-refractivity contribution is -0.206. The van der Waals surface area contributed by atoms with Crippen molar-refractivity contribution in [1.82, 2.24) is 15.1 Å². The summed E-state index contributed by atoms with van der Waals surface area (Å²) in [5.41, 5.74) is -0.129. The summed E-state index contributed by atoms with van der Waals surface area (Å²) in [4.78, 5) is 7.71. The number of ether oxygens (including phenoxy) is 1. The van der Waals surface area contributed by atoms with E-state index >= 15 is 0 Å². The van der Waals surface area contributed by atoms with E-state index in [2.05, 4.69) is 15.1 Å². The molecule has 6 nitrogen and oxygen atoms in total. The van der Waals surface area contributed by atoms with Gasteiger partial charge in [0.2, 0.25) is 5.82 Å². The average molecular weight is 289 g/mol. The maximum absolute atomic E-state index is 12.3. The number of alkyl halides is 3. The molecule has 2 aromatic rings. The van der Waals surface area contributed by atoms with Crippen molar-refractivity contribution in [2.24, 2.45) is 0 Å². The molecule has 2 rings (SSSR count). The molecule has 1 atom stereocenters. The van der Waals surface area contributed by atoms with Gasteiger partial charge < -0.3 is 14.4 Å². The minimum Gasteiger partial charge on any atom is -0.379 e. The van der Waals surface area contributed by atoms with E-state index in [9.17, 15) is 13.2 Å². The fraction of sp³-hybridized carbons (Fsp3) is 0.364. The molecule has 2 heterocycles. The van der Waals surface area contributed by atoms with Crippen molar-refractivity contribution in [3.05, 3.63) is 29.8 Å². The number of aliphatic hydroxyl groups is 1. The van der Waals surface area contributed by atoms with Gasteiger partial charge in [0.05, 0.1) is 0 Å². The third-order valence-corrected chi connectivity index (χ3v) is 2.38. The number of nitrogens with zero attached hydrogens (tertiary/aromatic N) is 3. The van der Waals surface area contributed by atoms with E-state index in [0.29, 0.717) is 0 Å². The number of hydrogen-bond donors (Lipinski definition) is 1. The maximum Gasteiger partial charge on any atom is 0.418 e. The quantitative estimate of drug-likeness (QED) is 0.925. The lowest BCUT2D eigenvalue weighted by Crippen LogP contribution is -2.20. The Hall–Kier alpha value is -2.00. The smallest absolute Gasteiger partial charge is 0.379 e. The zero-order chi connectivity index (χ0) is 14.8. The van der Waals surface area contributed by atoms with Gasteiger partial charge >= 0.3 is 6.18 Å². The Bertz CT molecular complexity index is 568. The minimum atomic E-state index is -4.74. The van der Waals surface area contributed by atoms with Gasteiger partial charge in [-0.2, -0.15) is 18.2 Å². The Morgan fingerprint density at radius 3 is 2.70 bits per heavy atom. The molecule has 0 fully saturated rings. The minimum absolute atomic E-state index is 0.123. The first-order chi connectivity index (χ1) is 9.41. The molecule has 0 bridgehead atoms. The average Bonchev–Trinajstić information content (AvgIpc) is 2.86. The third kappa shape index (κ3) is 3.11. The Morgan fingerprint density at radius 2 is 2.15 bits per heavy atom. The zero-order valence-corrected chi connectivity index (χ0v) is 10.3. The molecule has 1 unspecified atom stereocenters. The fourth-order valence-corrected chi connectivity index (χ4v) is 1.43. The van der Waals surface area contributed by atoms with Crippen molar-refractivity contribution in [2.45, 2.75) is 18.9 Å². The van der Waals surface area contributed by atoms with E-state index in [1.54, 1.807) is 0 Å². The van der Waals surface area contributed by atoms with Gasteiger partial charge in [-0.15, -0.1) is 0 Å². The van der Waals surface area contributed by atoms with Crippen LogP contribution in [0.25, 0.3) is 11.5 Å². The summed E-state index contributed by atoms with van der Waals surface area (Å²) in [6.07, 6.45) is -6.39. The van der Waals surface area contributed by atoms with Crippen molar-refractivity contribution in [3.63, 3.8) is 0 Å². The first-order valence-corrected chi connectivity index (χ1v) is 5.44. The maximum atomic E-state index is 12.3. The second-order valence-electron chi connectivity index (χ2n) is 3.87. The molecule has 0 saturated heterocycles. The van der Waals surface area contributed by atoms with Crippen LogP contribution in [0, 0.1) is 0 Å². The number of halogens is 3. The van der Waals surface area contributed by atoms with Crippen LogP contribution < -0.4 is 0 Å². The molecule has 0 saturated carbocycles. The molecule has 0 aliphatic heterocycles. The molecule has 0 aromatic carbocycles. The van der Waals surface area contributed by atoms with Crippen LogP contribution in [0.4, 0.5) is 13.2 Å². The summed E-state index contributed by atoms with van der Waals surface area (Å²) in [6.45, 7) is 0.123. The first-order valence-electron chi connectivity index (χ1n) is 5.44. The van der Waals surface area contributed by atoms with E-state index in [-0.39, 0.29) is 29.6 Å². The second kappa shape index (κ2) is 5.55. The highest BCUT2D eigenvalue weighted by atomic mass is 19.4. The second-order valence-corrected chi connectivity index (χ2v) is 3.87. The molecule has 1 N–H and O–H groups in total. The normalized spacial score (nSPS) is 13.4. The molecule has 2 aromatic heterocycles. The van der Waals surface area contributed by atoms with Crippen LogP contribution in [0.3, 0.4) is 0 Å². The van der Waals surface area contributed by atoms with Gasteiger partial charge in [-0.25, -0.2) is 0 Å². The van der Waals surface area contributed by atoms with Crippen molar-refractivity contribution in [2.75, 3.05) is 7.11 Å². The highest BCUT2D eigenvalue weighted by molar-refractivity contribution is 5.48. The number of rotatable bonds is 4. The van der Waals surface area contributed by atoms with E-state index < -0.39 is 12.3 Å². The highest BCUT2D eigenvalue weighted by Crippen LogP contribution is 2.32. The molecular formula is C11H10F3N3O3. The molecule has 0 amide bonds. The van der Waals surface area contributed by atoms with Gasteiger partial charge in [0.1, 0.15) is 12.3 Å². The number of methoxy groups -OCH3 is 1. The first kappa shape index (κ1) is 14.4. The summed E-state index contributed by atoms with van der Waals surface area (Å²) in [5, 5.41) is 12.7. The van der Waals surface area contributed by atoms with Gasteiger partial charge in [0, 0.05) is 18.9 Å². The van der Waals surface area contributed by atoms with Crippen LogP contribution in [0.1, 0.15) is 17.6 Å². The van der Waals surface area contributed by atoms with Crippen molar-refractivity contribution < 1.29 is 27.5 Å². The van der Waals surface area contributed by atoms with Crippen LogP contribution >= 0.6 is 0 Å². The van der Waals surface area contributed by atoms with Gasteiger partial charge in [0.15, 0.2) is 6.10 Å². The number of hydrogen-bond acceptors (Lipinski definition) is 6.